The van der Waals surface area contributed by atoms with Crippen LogP contribution in [-0.2, 0) is 11.2 Å². The smallest absolute Gasteiger partial charge is 0.241 e. The van der Waals surface area contributed by atoms with Crippen molar-refractivity contribution >= 4 is 28.6 Å². The fourth-order valence-electron chi connectivity index (χ4n) is 3.17. The van der Waals surface area contributed by atoms with Crippen LogP contribution in [0.5, 0.6) is 0 Å². The summed E-state index contributed by atoms with van der Waals surface area (Å²) in [7, 11) is 1.83. The highest BCUT2D eigenvalue weighted by molar-refractivity contribution is 5.82. The Hall–Kier alpha value is -3.16. The molecule has 1 aliphatic heterocycles. The fraction of sp³-hybridized carbons (Fsp3) is 0.368. The van der Waals surface area contributed by atoms with Crippen LogP contribution in [0.2, 0.25) is 0 Å². The number of hydrogen-bond donors (Lipinski definition) is 2. The summed E-state index contributed by atoms with van der Waals surface area (Å²) in [6.07, 6.45) is 3.35. The van der Waals surface area contributed by atoms with Crippen LogP contribution in [0.15, 0.2) is 36.7 Å². The predicted molar refractivity (Wildman–Crippen MR) is 105 cm³/mol. The first kappa shape index (κ1) is 17.3. The lowest BCUT2D eigenvalue weighted by molar-refractivity contribution is -0.129. The van der Waals surface area contributed by atoms with Gasteiger partial charge in [0.2, 0.25) is 5.91 Å². The molecule has 1 aromatic carbocycles. The molecule has 3 aromatic rings. The number of likely N-dealkylation sites (N-methyl/N-ethyl adjacent to an activating group) is 1. The molecular formula is C19H23N7O. The van der Waals surface area contributed by atoms with E-state index in [9.17, 15) is 4.79 Å². The first-order valence-corrected chi connectivity index (χ1v) is 9.17. The first-order valence-electron chi connectivity index (χ1n) is 9.17. The maximum absolute atomic E-state index is 11.9. The van der Waals surface area contributed by atoms with Gasteiger partial charge in [-0.3, -0.25) is 4.79 Å². The second-order valence-electron chi connectivity index (χ2n) is 6.73. The molecular weight excluding hydrogens is 342 g/mol. The van der Waals surface area contributed by atoms with Crippen molar-refractivity contribution in [2.24, 2.45) is 0 Å². The van der Waals surface area contributed by atoms with E-state index in [2.05, 4.69) is 25.3 Å². The third kappa shape index (κ3) is 3.99. The van der Waals surface area contributed by atoms with E-state index in [1.165, 1.54) is 0 Å². The maximum Gasteiger partial charge on any atom is 0.241 e. The lowest BCUT2D eigenvalue weighted by Gasteiger charge is -2.32. The number of carbonyl (C=O) groups excluding carboxylic acids is 1. The quantitative estimate of drug-likeness (QED) is 0.646. The number of fused-ring (bicyclic) bond motifs is 1. The van der Waals surface area contributed by atoms with Gasteiger partial charge in [-0.2, -0.15) is 0 Å². The number of aryl methyl sites for hydroxylation is 1. The van der Waals surface area contributed by atoms with Crippen molar-refractivity contribution < 1.29 is 4.79 Å². The molecule has 0 atom stereocenters. The SMILES string of the molecule is CN1CCN(c2cc(NCCCc3nc4ccccc4[nH]3)ncn2)CC1=O. The van der Waals surface area contributed by atoms with Gasteiger partial charge < -0.3 is 20.1 Å². The van der Waals surface area contributed by atoms with Crippen LogP contribution < -0.4 is 10.2 Å². The van der Waals surface area contributed by atoms with E-state index in [1.54, 1.807) is 11.2 Å². The van der Waals surface area contributed by atoms with Gasteiger partial charge >= 0.3 is 0 Å². The zero-order valence-electron chi connectivity index (χ0n) is 15.4. The number of hydrogen-bond acceptors (Lipinski definition) is 6. The van der Waals surface area contributed by atoms with Crippen LogP contribution in [0.3, 0.4) is 0 Å². The normalized spacial score (nSPS) is 14.8. The summed E-state index contributed by atoms with van der Waals surface area (Å²) in [5, 5.41) is 3.33. The Morgan fingerprint density at radius 2 is 2.11 bits per heavy atom. The van der Waals surface area contributed by atoms with Gasteiger partial charge in [-0.1, -0.05) is 12.1 Å². The largest absolute Gasteiger partial charge is 0.370 e. The molecule has 2 N–H and O–H groups in total. The third-order valence-corrected chi connectivity index (χ3v) is 4.77. The third-order valence-electron chi connectivity index (χ3n) is 4.77. The van der Waals surface area contributed by atoms with Gasteiger partial charge in [-0.15, -0.1) is 0 Å². The highest BCUT2D eigenvalue weighted by Crippen LogP contribution is 2.16. The molecule has 0 bridgehead atoms. The topological polar surface area (TPSA) is 90.0 Å². The van der Waals surface area contributed by atoms with Crippen LogP contribution in [0, 0.1) is 0 Å². The van der Waals surface area contributed by atoms with Gasteiger partial charge in [0, 0.05) is 39.2 Å². The number of nitrogens with zero attached hydrogens (tertiary/aromatic N) is 5. The molecule has 1 aliphatic rings. The molecule has 27 heavy (non-hydrogen) atoms. The molecule has 8 heteroatoms. The highest BCUT2D eigenvalue weighted by Gasteiger charge is 2.22. The number of H-pyrrole nitrogens is 1. The predicted octanol–water partition coefficient (Wildman–Crippen LogP) is 1.68. The van der Waals surface area contributed by atoms with Crippen molar-refractivity contribution in [1.29, 1.82) is 0 Å². The van der Waals surface area contributed by atoms with Crippen LogP contribution >= 0.6 is 0 Å². The number of imidazole rings is 1. The number of anilines is 2. The summed E-state index contributed by atoms with van der Waals surface area (Å²) < 4.78 is 0. The van der Waals surface area contributed by atoms with Crippen LogP contribution in [-0.4, -0.2) is 64.0 Å². The number of rotatable bonds is 6. The molecule has 2 aromatic heterocycles. The van der Waals surface area contributed by atoms with E-state index in [0.29, 0.717) is 13.1 Å². The number of nitrogens with one attached hydrogen (secondary N) is 2. The van der Waals surface area contributed by atoms with Gasteiger partial charge in [-0.05, 0) is 18.6 Å². The second kappa shape index (κ2) is 7.61. The summed E-state index contributed by atoms with van der Waals surface area (Å²) in [5.41, 5.74) is 2.07. The molecule has 1 saturated heterocycles. The summed E-state index contributed by atoms with van der Waals surface area (Å²) >= 11 is 0. The van der Waals surface area contributed by atoms with E-state index in [4.69, 9.17) is 0 Å². The molecule has 3 heterocycles. The minimum atomic E-state index is 0.111. The molecule has 0 saturated carbocycles. The maximum atomic E-state index is 11.9. The molecule has 1 fully saturated rings. The number of amides is 1. The Bertz CT molecular complexity index is 905. The minimum Gasteiger partial charge on any atom is -0.370 e. The average Bonchev–Trinajstić information content (AvgIpc) is 3.10. The van der Waals surface area contributed by atoms with Crippen LogP contribution in [0.4, 0.5) is 11.6 Å². The van der Waals surface area contributed by atoms with Gasteiger partial charge in [0.05, 0.1) is 17.6 Å². The fourth-order valence-corrected chi connectivity index (χ4v) is 3.17. The number of piperazine rings is 1. The molecule has 0 radical (unpaired) electrons. The van der Waals surface area contributed by atoms with Crippen molar-refractivity contribution in [3.63, 3.8) is 0 Å². The summed E-state index contributed by atoms with van der Waals surface area (Å²) in [6.45, 7) is 2.64. The van der Waals surface area contributed by atoms with Crippen molar-refractivity contribution in [1.82, 2.24) is 24.8 Å². The number of aromatic amines is 1. The molecule has 0 unspecified atom stereocenters. The zero-order chi connectivity index (χ0) is 18.6. The van der Waals surface area contributed by atoms with E-state index in [-0.39, 0.29) is 5.91 Å². The standard InChI is InChI=1S/C19H23N7O/c1-25-9-10-26(12-19(25)27)18-11-17(21-13-22-18)20-8-4-7-16-23-14-5-2-3-6-15(14)24-16/h2-3,5-6,11,13H,4,7-10,12H2,1H3,(H,23,24)(H,20,21,22). The molecule has 1 amide bonds. The monoisotopic (exact) mass is 365 g/mol. The molecule has 0 aliphatic carbocycles. The number of benzene rings is 1. The highest BCUT2D eigenvalue weighted by atomic mass is 16.2. The van der Waals surface area contributed by atoms with E-state index >= 15 is 0 Å². The minimum absolute atomic E-state index is 0.111. The van der Waals surface area contributed by atoms with Gasteiger partial charge in [0.15, 0.2) is 0 Å². The molecule has 140 valence electrons. The lowest BCUT2D eigenvalue weighted by atomic mass is 10.3. The zero-order valence-corrected chi connectivity index (χ0v) is 15.4. The number of carbonyl (C=O) groups is 1. The summed E-state index contributed by atoms with van der Waals surface area (Å²) in [6, 6.07) is 9.95. The Morgan fingerprint density at radius 1 is 1.22 bits per heavy atom. The Morgan fingerprint density at radius 3 is 2.96 bits per heavy atom. The van der Waals surface area contributed by atoms with E-state index in [1.807, 2.05) is 42.3 Å². The summed E-state index contributed by atoms with van der Waals surface area (Å²) in [5.74, 6) is 2.67. The van der Waals surface area contributed by atoms with Gasteiger partial charge in [-0.25, -0.2) is 15.0 Å². The van der Waals surface area contributed by atoms with Gasteiger partial charge in [0.1, 0.15) is 23.8 Å². The number of para-hydroxylation sites is 2. The Labute approximate surface area is 157 Å². The molecule has 0 spiro atoms. The van der Waals surface area contributed by atoms with Crippen molar-refractivity contribution in [3.05, 3.63) is 42.5 Å². The first-order chi connectivity index (χ1) is 13.2. The van der Waals surface area contributed by atoms with E-state index in [0.717, 1.165) is 54.4 Å². The molecule has 4 rings (SSSR count). The van der Waals surface area contributed by atoms with Crippen LogP contribution in [0.25, 0.3) is 11.0 Å². The van der Waals surface area contributed by atoms with Crippen molar-refractivity contribution in [2.45, 2.75) is 12.8 Å². The Kier molecular flexibility index (Phi) is 4.86. The van der Waals surface area contributed by atoms with Gasteiger partial charge in [0.25, 0.3) is 0 Å². The van der Waals surface area contributed by atoms with Crippen LogP contribution in [0.1, 0.15) is 12.2 Å². The lowest BCUT2D eigenvalue weighted by Crippen LogP contribution is -2.48. The second-order valence-corrected chi connectivity index (χ2v) is 6.73. The Balaban J connectivity index is 1.30. The van der Waals surface area contributed by atoms with Crippen molar-refractivity contribution in [2.75, 3.05) is 43.4 Å². The number of aromatic nitrogens is 4. The van der Waals surface area contributed by atoms with E-state index < -0.39 is 0 Å². The summed E-state index contributed by atoms with van der Waals surface area (Å²) in [4.78, 5) is 32.2. The van der Waals surface area contributed by atoms with Crippen molar-refractivity contribution in [3.8, 4) is 0 Å². The average molecular weight is 365 g/mol. The molecule has 8 nitrogen and oxygen atoms in total.